The maximum atomic E-state index is 13.2. The lowest BCUT2D eigenvalue weighted by Crippen LogP contribution is -2.37. The van der Waals surface area contributed by atoms with Gasteiger partial charge >= 0.3 is 12.2 Å². The van der Waals surface area contributed by atoms with Crippen molar-refractivity contribution in [2.75, 3.05) is 5.32 Å². The Morgan fingerprint density at radius 3 is 2.41 bits per heavy atom. The van der Waals surface area contributed by atoms with Crippen molar-refractivity contribution < 1.29 is 22.9 Å². The van der Waals surface area contributed by atoms with Gasteiger partial charge in [0, 0.05) is 18.7 Å². The highest BCUT2D eigenvalue weighted by atomic mass is 19.4. The minimum absolute atomic E-state index is 0.00209. The first-order valence-electron chi connectivity index (χ1n) is 8.23. The van der Waals surface area contributed by atoms with Gasteiger partial charge in [0.25, 0.3) is 5.69 Å². The van der Waals surface area contributed by atoms with Crippen LogP contribution in [0.1, 0.15) is 24.0 Å². The molecule has 0 atom stereocenters. The van der Waals surface area contributed by atoms with Gasteiger partial charge in [-0.25, -0.2) is 4.79 Å². The van der Waals surface area contributed by atoms with E-state index in [1.54, 1.807) is 0 Å². The smallest absolute Gasteiger partial charge is 0.317 e. The van der Waals surface area contributed by atoms with Crippen LogP contribution in [-0.2, 0) is 12.7 Å². The largest absolute Gasteiger partial charge is 0.416 e. The lowest BCUT2D eigenvalue weighted by atomic mass is 10.1. The summed E-state index contributed by atoms with van der Waals surface area (Å²) < 4.78 is 39.6. The molecule has 6 nitrogen and oxygen atoms in total. The number of benzene rings is 2. The van der Waals surface area contributed by atoms with Crippen LogP contribution in [0, 0.1) is 10.1 Å². The van der Waals surface area contributed by atoms with Crippen molar-refractivity contribution in [2.24, 2.45) is 0 Å². The van der Waals surface area contributed by atoms with Crippen LogP contribution in [0.25, 0.3) is 0 Å². The molecule has 2 aromatic carbocycles. The molecule has 1 aliphatic rings. The Morgan fingerprint density at radius 1 is 1.15 bits per heavy atom. The predicted molar refractivity (Wildman–Crippen MR) is 92.1 cm³/mol. The van der Waals surface area contributed by atoms with E-state index < -0.39 is 22.7 Å². The Hall–Kier alpha value is -3.10. The monoisotopic (exact) mass is 379 g/mol. The first kappa shape index (κ1) is 18.7. The number of hydrogen-bond donors (Lipinski definition) is 1. The van der Waals surface area contributed by atoms with Gasteiger partial charge in [0.1, 0.15) is 5.69 Å². The molecule has 1 saturated carbocycles. The van der Waals surface area contributed by atoms with Gasteiger partial charge in [0.15, 0.2) is 0 Å². The van der Waals surface area contributed by atoms with Crippen LogP contribution in [0.3, 0.4) is 0 Å². The first-order valence-corrected chi connectivity index (χ1v) is 8.23. The number of halogens is 3. The van der Waals surface area contributed by atoms with E-state index in [1.165, 1.54) is 47.4 Å². The van der Waals surface area contributed by atoms with Gasteiger partial charge in [-0.3, -0.25) is 10.1 Å². The van der Waals surface area contributed by atoms with Crippen LogP contribution >= 0.6 is 0 Å². The molecule has 1 N–H and O–H groups in total. The molecule has 142 valence electrons. The number of nitro benzene ring substituents is 1. The number of alkyl halides is 3. The van der Waals surface area contributed by atoms with E-state index in [4.69, 9.17) is 0 Å². The van der Waals surface area contributed by atoms with Crippen molar-refractivity contribution >= 4 is 17.4 Å². The van der Waals surface area contributed by atoms with E-state index in [1.807, 2.05) is 0 Å². The van der Waals surface area contributed by atoms with E-state index >= 15 is 0 Å². The molecule has 1 fully saturated rings. The van der Waals surface area contributed by atoms with Gasteiger partial charge in [-0.1, -0.05) is 30.3 Å². The summed E-state index contributed by atoms with van der Waals surface area (Å²) >= 11 is 0. The third kappa shape index (κ3) is 4.36. The zero-order chi connectivity index (χ0) is 19.6. The molecule has 0 aromatic heterocycles. The van der Waals surface area contributed by atoms with Crippen molar-refractivity contribution in [3.05, 3.63) is 69.8 Å². The lowest BCUT2D eigenvalue weighted by molar-refractivity contribution is -0.383. The van der Waals surface area contributed by atoms with Crippen LogP contribution < -0.4 is 5.32 Å². The van der Waals surface area contributed by atoms with Crippen molar-refractivity contribution in [1.29, 1.82) is 0 Å². The molecule has 9 heteroatoms. The minimum atomic E-state index is -4.53. The van der Waals surface area contributed by atoms with Crippen LogP contribution in [0.2, 0.25) is 0 Å². The van der Waals surface area contributed by atoms with Gasteiger partial charge in [-0.2, -0.15) is 13.2 Å². The number of rotatable bonds is 5. The molecule has 27 heavy (non-hydrogen) atoms. The molecule has 0 spiro atoms. The average molecular weight is 379 g/mol. The Kier molecular flexibility index (Phi) is 5.02. The molecule has 0 bridgehead atoms. The number of urea groups is 1. The number of anilines is 1. The zero-order valence-electron chi connectivity index (χ0n) is 14.1. The van der Waals surface area contributed by atoms with Gasteiger partial charge in [0.2, 0.25) is 0 Å². The maximum Gasteiger partial charge on any atom is 0.416 e. The molecule has 0 unspecified atom stereocenters. The van der Waals surface area contributed by atoms with Gasteiger partial charge in [0.05, 0.1) is 10.5 Å². The fourth-order valence-corrected chi connectivity index (χ4v) is 2.80. The SMILES string of the molecule is O=C(Nc1ccccc1[N+](=O)[O-])N(Cc1ccccc1C(F)(F)F)C1CC1. The van der Waals surface area contributed by atoms with Gasteiger partial charge in [-0.05, 0) is 30.5 Å². The molecule has 0 aliphatic heterocycles. The summed E-state index contributed by atoms with van der Waals surface area (Å²) in [5, 5.41) is 13.5. The summed E-state index contributed by atoms with van der Waals surface area (Å²) in [4.78, 5) is 24.4. The highest BCUT2D eigenvalue weighted by Gasteiger charge is 2.37. The molecule has 1 aliphatic carbocycles. The fraction of sp³-hybridized carbons (Fsp3) is 0.278. The third-order valence-electron chi connectivity index (χ3n) is 4.25. The molecule has 0 radical (unpaired) electrons. The van der Waals surface area contributed by atoms with Gasteiger partial charge < -0.3 is 10.2 Å². The lowest BCUT2D eigenvalue weighted by Gasteiger charge is -2.24. The number of nitrogens with one attached hydrogen (secondary N) is 1. The second-order valence-corrected chi connectivity index (χ2v) is 6.22. The normalized spacial score (nSPS) is 13.9. The Bertz CT molecular complexity index is 866. The predicted octanol–water partition coefficient (Wildman–Crippen LogP) is 4.81. The number of nitro groups is 1. The molecular weight excluding hydrogens is 363 g/mol. The van der Waals surface area contributed by atoms with Gasteiger partial charge in [-0.15, -0.1) is 0 Å². The van der Waals surface area contributed by atoms with Crippen molar-refractivity contribution in [3.8, 4) is 0 Å². The first-order chi connectivity index (χ1) is 12.8. The second kappa shape index (κ2) is 7.26. The van der Waals surface area contributed by atoms with Crippen LogP contribution in [0.5, 0.6) is 0 Å². The van der Waals surface area contributed by atoms with E-state index in [0.717, 1.165) is 6.07 Å². The van der Waals surface area contributed by atoms with E-state index in [-0.39, 0.29) is 29.5 Å². The Balaban J connectivity index is 1.84. The highest BCUT2D eigenvalue weighted by Crippen LogP contribution is 2.35. The van der Waals surface area contributed by atoms with Crippen molar-refractivity contribution in [3.63, 3.8) is 0 Å². The number of para-hydroxylation sites is 2. The number of amides is 2. The Labute approximate surface area is 152 Å². The highest BCUT2D eigenvalue weighted by molar-refractivity contribution is 5.92. The molecule has 0 saturated heterocycles. The third-order valence-corrected chi connectivity index (χ3v) is 4.25. The van der Waals surface area contributed by atoms with E-state index in [0.29, 0.717) is 12.8 Å². The topological polar surface area (TPSA) is 75.5 Å². The quantitative estimate of drug-likeness (QED) is 0.598. The summed E-state index contributed by atoms with van der Waals surface area (Å²) in [5.41, 5.74) is -1.09. The standard InChI is InChI=1S/C18H16F3N3O3/c19-18(20,21)14-6-2-1-5-12(14)11-23(13-9-10-13)17(25)22-15-7-3-4-8-16(15)24(26)27/h1-8,13H,9-11H2,(H,22,25). The minimum Gasteiger partial charge on any atom is -0.317 e. The maximum absolute atomic E-state index is 13.2. The summed E-state index contributed by atoms with van der Waals surface area (Å²) in [7, 11) is 0. The summed E-state index contributed by atoms with van der Waals surface area (Å²) in [6.07, 6.45) is -3.17. The van der Waals surface area contributed by atoms with Crippen molar-refractivity contribution in [2.45, 2.75) is 31.6 Å². The van der Waals surface area contributed by atoms with E-state index in [2.05, 4.69) is 5.32 Å². The average Bonchev–Trinajstić information content (AvgIpc) is 3.44. The number of carbonyl (C=O) groups is 1. The fourth-order valence-electron chi connectivity index (χ4n) is 2.80. The van der Waals surface area contributed by atoms with Crippen LogP contribution in [0.4, 0.5) is 29.3 Å². The molecule has 3 rings (SSSR count). The Morgan fingerprint density at radius 2 is 1.78 bits per heavy atom. The second-order valence-electron chi connectivity index (χ2n) is 6.22. The summed E-state index contributed by atoms with van der Waals surface area (Å²) in [5.74, 6) is 0. The molecule has 2 aromatic rings. The molecule has 0 heterocycles. The van der Waals surface area contributed by atoms with Crippen LogP contribution in [0.15, 0.2) is 48.5 Å². The summed E-state index contributed by atoms with van der Waals surface area (Å²) in [6.45, 7) is -0.229. The number of nitrogens with zero attached hydrogens (tertiary/aromatic N) is 2. The zero-order valence-corrected chi connectivity index (χ0v) is 14.1. The van der Waals surface area contributed by atoms with Crippen molar-refractivity contribution in [1.82, 2.24) is 4.90 Å². The molecular formula is C18H16F3N3O3. The number of carbonyl (C=O) groups excluding carboxylic acids is 1. The number of hydrogen-bond acceptors (Lipinski definition) is 3. The molecule has 2 amide bonds. The summed E-state index contributed by atoms with van der Waals surface area (Å²) in [6, 6.07) is 9.85. The van der Waals surface area contributed by atoms with E-state index in [9.17, 15) is 28.1 Å². The van der Waals surface area contributed by atoms with Crippen LogP contribution in [-0.4, -0.2) is 21.9 Å².